The highest BCUT2D eigenvalue weighted by molar-refractivity contribution is 6.01. The van der Waals surface area contributed by atoms with Crippen molar-refractivity contribution in [1.29, 1.82) is 0 Å². The lowest BCUT2D eigenvalue weighted by atomic mass is 9.82. The lowest BCUT2D eigenvalue weighted by Gasteiger charge is -2.26. The van der Waals surface area contributed by atoms with E-state index in [0.29, 0.717) is 18.0 Å². The van der Waals surface area contributed by atoms with Gasteiger partial charge < -0.3 is 10.4 Å². The van der Waals surface area contributed by atoms with E-state index in [1.54, 1.807) is 6.92 Å². The highest BCUT2D eigenvalue weighted by atomic mass is 16.4. The van der Waals surface area contributed by atoms with Gasteiger partial charge in [-0.2, -0.15) is 0 Å². The summed E-state index contributed by atoms with van der Waals surface area (Å²) in [6.45, 7) is 5.92. The SMILES string of the molecule is CC(C(=O)O)=C(C)C(=O)NCC1CCCC(C)C1. The zero-order chi connectivity index (χ0) is 13.7. The molecule has 1 rings (SSSR count). The van der Waals surface area contributed by atoms with Crippen LogP contribution in [0.15, 0.2) is 11.1 Å². The summed E-state index contributed by atoms with van der Waals surface area (Å²) in [7, 11) is 0. The lowest BCUT2D eigenvalue weighted by Crippen LogP contribution is -2.32. The molecule has 1 fully saturated rings. The summed E-state index contributed by atoms with van der Waals surface area (Å²) in [5.74, 6) is -0.0178. The van der Waals surface area contributed by atoms with Gasteiger partial charge in [0.1, 0.15) is 0 Å². The van der Waals surface area contributed by atoms with Crippen molar-refractivity contribution >= 4 is 11.9 Å². The van der Waals surface area contributed by atoms with Gasteiger partial charge in [0.05, 0.1) is 0 Å². The van der Waals surface area contributed by atoms with Crippen LogP contribution in [0.3, 0.4) is 0 Å². The van der Waals surface area contributed by atoms with Crippen LogP contribution in [-0.4, -0.2) is 23.5 Å². The summed E-state index contributed by atoms with van der Waals surface area (Å²) in [5.41, 5.74) is 0.413. The number of carbonyl (C=O) groups is 2. The average molecular weight is 253 g/mol. The number of rotatable bonds is 4. The van der Waals surface area contributed by atoms with Crippen LogP contribution in [0, 0.1) is 11.8 Å². The molecule has 0 spiro atoms. The highest BCUT2D eigenvalue weighted by Crippen LogP contribution is 2.27. The summed E-state index contributed by atoms with van der Waals surface area (Å²) < 4.78 is 0. The van der Waals surface area contributed by atoms with E-state index in [4.69, 9.17) is 5.11 Å². The topological polar surface area (TPSA) is 66.4 Å². The smallest absolute Gasteiger partial charge is 0.331 e. The Morgan fingerprint density at radius 2 is 1.89 bits per heavy atom. The van der Waals surface area contributed by atoms with Crippen molar-refractivity contribution in [3.05, 3.63) is 11.1 Å². The maximum absolute atomic E-state index is 11.8. The minimum absolute atomic E-state index is 0.115. The van der Waals surface area contributed by atoms with E-state index in [2.05, 4.69) is 12.2 Å². The van der Waals surface area contributed by atoms with Crippen LogP contribution in [0.4, 0.5) is 0 Å². The number of hydrogen-bond acceptors (Lipinski definition) is 2. The van der Waals surface area contributed by atoms with Crippen LogP contribution >= 0.6 is 0 Å². The van der Waals surface area contributed by atoms with Gasteiger partial charge in [-0.15, -0.1) is 0 Å². The average Bonchev–Trinajstić information content (AvgIpc) is 2.34. The van der Waals surface area contributed by atoms with Crippen LogP contribution < -0.4 is 5.32 Å². The molecule has 0 bridgehead atoms. The second kappa shape index (κ2) is 6.57. The van der Waals surface area contributed by atoms with Crippen molar-refractivity contribution in [2.75, 3.05) is 6.54 Å². The van der Waals surface area contributed by atoms with Crippen molar-refractivity contribution in [2.24, 2.45) is 11.8 Å². The Bertz CT molecular complexity index is 360. The highest BCUT2D eigenvalue weighted by Gasteiger charge is 2.20. The van der Waals surface area contributed by atoms with Crippen LogP contribution in [0.25, 0.3) is 0 Å². The predicted molar refractivity (Wildman–Crippen MR) is 70.1 cm³/mol. The van der Waals surface area contributed by atoms with Crippen molar-refractivity contribution in [1.82, 2.24) is 5.32 Å². The van der Waals surface area contributed by atoms with E-state index < -0.39 is 5.97 Å². The number of nitrogens with one attached hydrogen (secondary N) is 1. The monoisotopic (exact) mass is 253 g/mol. The molecular weight excluding hydrogens is 230 g/mol. The van der Waals surface area contributed by atoms with E-state index in [-0.39, 0.29) is 11.5 Å². The summed E-state index contributed by atoms with van der Waals surface area (Å²) in [4.78, 5) is 22.5. The molecule has 0 aromatic rings. The van der Waals surface area contributed by atoms with Gasteiger partial charge in [0.2, 0.25) is 5.91 Å². The van der Waals surface area contributed by atoms with Gasteiger partial charge in [0.25, 0.3) is 0 Å². The quantitative estimate of drug-likeness (QED) is 0.756. The van der Waals surface area contributed by atoms with Crippen molar-refractivity contribution < 1.29 is 14.7 Å². The molecule has 1 amide bonds. The summed E-state index contributed by atoms with van der Waals surface area (Å²) in [6.07, 6.45) is 4.82. The number of carboxylic acid groups (broad SMARTS) is 1. The zero-order valence-electron chi connectivity index (χ0n) is 11.5. The zero-order valence-corrected chi connectivity index (χ0v) is 11.5. The molecule has 1 aliphatic rings. The fourth-order valence-corrected chi connectivity index (χ4v) is 2.45. The van der Waals surface area contributed by atoms with Crippen LogP contribution in [-0.2, 0) is 9.59 Å². The Kier molecular flexibility index (Phi) is 5.38. The Labute approximate surface area is 108 Å². The Balaban J connectivity index is 2.46. The molecule has 0 saturated heterocycles. The first-order chi connectivity index (χ1) is 8.41. The van der Waals surface area contributed by atoms with E-state index >= 15 is 0 Å². The van der Waals surface area contributed by atoms with E-state index in [0.717, 1.165) is 18.8 Å². The fraction of sp³-hybridized carbons (Fsp3) is 0.714. The maximum atomic E-state index is 11.8. The molecule has 2 unspecified atom stereocenters. The Morgan fingerprint density at radius 1 is 1.22 bits per heavy atom. The standard InChI is InChI=1S/C14H23NO3/c1-9-5-4-6-12(7-9)8-15-13(16)10(2)11(3)14(17)18/h9,12H,4-8H2,1-3H3,(H,15,16)(H,17,18). The molecule has 1 aliphatic carbocycles. The summed E-state index contributed by atoms with van der Waals surface area (Å²) in [6, 6.07) is 0. The molecular formula is C14H23NO3. The van der Waals surface area contributed by atoms with Crippen molar-refractivity contribution in [3.8, 4) is 0 Å². The number of aliphatic carboxylic acids is 1. The van der Waals surface area contributed by atoms with Gasteiger partial charge in [0, 0.05) is 17.7 Å². The largest absolute Gasteiger partial charge is 0.478 e. The first-order valence-corrected chi connectivity index (χ1v) is 6.60. The third-order valence-electron chi connectivity index (χ3n) is 3.82. The molecule has 2 atom stereocenters. The molecule has 1 saturated carbocycles. The lowest BCUT2D eigenvalue weighted by molar-refractivity contribution is -0.133. The van der Waals surface area contributed by atoms with Gasteiger partial charge in [-0.1, -0.05) is 19.8 Å². The molecule has 4 heteroatoms. The minimum atomic E-state index is -1.03. The molecule has 4 nitrogen and oxygen atoms in total. The summed E-state index contributed by atoms with van der Waals surface area (Å²) in [5, 5.41) is 11.7. The molecule has 18 heavy (non-hydrogen) atoms. The third kappa shape index (κ3) is 4.17. The maximum Gasteiger partial charge on any atom is 0.331 e. The molecule has 0 aromatic heterocycles. The van der Waals surface area contributed by atoms with Gasteiger partial charge in [-0.3, -0.25) is 4.79 Å². The van der Waals surface area contributed by atoms with Gasteiger partial charge in [-0.05, 0) is 38.5 Å². The second-order valence-electron chi connectivity index (χ2n) is 5.40. The molecule has 0 aliphatic heterocycles. The van der Waals surface area contributed by atoms with Gasteiger partial charge >= 0.3 is 5.97 Å². The molecule has 102 valence electrons. The van der Waals surface area contributed by atoms with E-state index in [1.165, 1.54) is 19.8 Å². The third-order valence-corrected chi connectivity index (χ3v) is 3.82. The van der Waals surface area contributed by atoms with Gasteiger partial charge in [0.15, 0.2) is 0 Å². The van der Waals surface area contributed by atoms with Crippen molar-refractivity contribution in [3.63, 3.8) is 0 Å². The van der Waals surface area contributed by atoms with E-state index in [9.17, 15) is 9.59 Å². The first kappa shape index (κ1) is 14.7. The number of amides is 1. The first-order valence-electron chi connectivity index (χ1n) is 6.60. The summed E-state index contributed by atoms with van der Waals surface area (Å²) >= 11 is 0. The molecule has 2 N–H and O–H groups in total. The number of carboxylic acids is 1. The molecule has 0 aromatic carbocycles. The van der Waals surface area contributed by atoms with E-state index in [1.807, 2.05) is 0 Å². The number of hydrogen-bond donors (Lipinski definition) is 2. The van der Waals surface area contributed by atoms with Crippen LogP contribution in [0.5, 0.6) is 0 Å². The molecule has 0 radical (unpaired) electrons. The normalized spacial score (nSPS) is 25.3. The van der Waals surface area contributed by atoms with Crippen LogP contribution in [0.2, 0.25) is 0 Å². The second-order valence-corrected chi connectivity index (χ2v) is 5.40. The predicted octanol–water partition coefficient (Wildman–Crippen LogP) is 2.35. The van der Waals surface area contributed by atoms with Crippen molar-refractivity contribution in [2.45, 2.75) is 46.5 Å². The number of carbonyl (C=O) groups excluding carboxylic acids is 1. The minimum Gasteiger partial charge on any atom is -0.478 e. The Hall–Kier alpha value is -1.32. The Morgan fingerprint density at radius 3 is 2.44 bits per heavy atom. The molecule has 0 heterocycles. The van der Waals surface area contributed by atoms with Gasteiger partial charge in [-0.25, -0.2) is 4.79 Å². The van der Waals surface area contributed by atoms with Crippen LogP contribution in [0.1, 0.15) is 46.5 Å². The fourth-order valence-electron chi connectivity index (χ4n) is 2.45.